The summed E-state index contributed by atoms with van der Waals surface area (Å²) in [6, 6.07) is 14.1. The van der Waals surface area contributed by atoms with Crippen LogP contribution in [0.1, 0.15) is 48.0 Å². The molecule has 1 atom stereocenters. The van der Waals surface area contributed by atoms with Crippen LogP contribution in [0.3, 0.4) is 0 Å². The van der Waals surface area contributed by atoms with Gasteiger partial charge in [-0.1, -0.05) is 18.2 Å². The SMILES string of the molecule is CCOc1ccc(Cc2cccc([C@H]3CN(C(=O)CCn4nc(C)nc4C)CCO3)n2)cc1. The second-order valence-corrected chi connectivity index (χ2v) is 8.19. The van der Waals surface area contributed by atoms with Gasteiger partial charge in [0.05, 0.1) is 32.0 Å². The van der Waals surface area contributed by atoms with Crippen molar-refractivity contribution in [1.82, 2.24) is 24.6 Å². The average molecular weight is 450 g/mol. The Hall–Kier alpha value is -3.26. The van der Waals surface area contributed by atoms with Crippen LogP contribution < -0.4 is 4.74 Å². The molecule has 1 saturated heterocycles. The lowest BCUT2D eigenvalue weighted by atomic mass is 10.1. The highest BCUT2D eigenvalue weighted by Crippen LogP contribution is 2.22. The van der Waals surface area contributed by atoms with Crippen molar-refractivity contribution in [2.75, 3.05) is 26.3 Å². The van der Waals surface area contributed by atoms with Crippen LogP contribution in [0.5, 0.6) is 5.75 Å². The lowest BCUT2D eigenvalue weighted by molar-refractivity contribution is -0.139. The number of aromatic nitrogens is 4. The van der Waals surface area contributed by atoms with Crippen LogP contribution in [-0.4, -0.2) is 56.9 Å². The molecule has 0 aliphatic carbocycles. The molecule has 0 radical (unpaired) electrons. The number of rotatable bonds is 8. The molecule has 1 aromatic carbocycles. The first-order chi connectivity index (χ1) is 16.0. The Bertz CT molecular complexity index is 1080. The van der Waals surface area contributed by atoms with Gasteiger partial charge in [0.25, 0.3) is 0 Å². The molecule has 1 aliphatic heterocycles. The number of hydrogen-bond acceptors (Lipinski definition) is 6. The van der Waals surface area contributed by atoms with Crippen LogP contribution in [0.15, 0.2) is 42.5 Å². The van der Waals surface area contributed by atoms with Gasteiger partial charge in [0.1, 0.15) is 23.5 Å². The van der Waals surface area contributed by atoms with E-state index in [1.54, 1.807) is 4.68 Å². The van der Waals surface area contributed by atoms with Gasteiger partial charge in [0.2, 0.25) is 5.91 Å². The van der Waals surface area contributed by atoms with E-state index in [-0.39, 0.29) is 12.0 Å². The van der Waals surface area contributed by atoms with Crippen molar-refractivity contribution in [3.63, 3.8) is 0 Å². The van der Waals surface area contributed by atoms with Crippen molar-refractivity contribution in [3.05, 3.63) is 71.1 Å². The van der Waals surface area contributed by atoms with Crippen LogP contribution in [-0.2, 0) is 22.5 Å². The van der Waals surface area contributed by atoms with Crippen LogP contribution in [0.4, 0.5) is 0 Å². The van der Waals surface area contributed by atoms with Crippen molar-refractivity contribution in [3.8, 4) is 5.75 Å². The third-order valence-electron chi connectivity index (χ3n) is 5.70. The van der Waals surface area contributed by atoms with Gasteiger partial charge in [-0.15, -0.1) is 0 Å². The maximum absolute atomic E-state index is 12.8. The normalized spacial score (nSPS) is 16.1. The van der Waals surface area contributed by atoms with Gasteiger partial charge in [-0.2, -0.15) is 5.10 Å². The number of carbonyl (C=O) groups excluding carboxylic acids is 1. The fraction of sp³-hybridized carbons (Fsp3) is 0.440. The van der Waals surface area contributed by atoms with Gasteiger partial charge in [0, 0.05) is 25.1 Å². The van der Waals surface area contributed by atoms with Crippen molar-refractivity contribution in [1.29, 1.82) is 0 Å². The van der Waals surface area contributed by atoms with E-state index in [1.165, 1.54) is 5.56 Å². The Kier molecular flexibility index (Phi) is 7.34. The Morgan fingerprint density at radius 3 is 2.70 bits per heavy atom. The first-order valence-electron chi connectivity index (χ1n) is 11.5. The number of aryl methyl sites for hydroxylation is 3. The third-order valence-corrected chi connectivity index (χ3v) is 5.70. The highest BCUT2D eigenvalue weighted by atomic mass is 16.5. The number of morpholine rings is 1. The zero-order chi connectivity index (χ0) is 23.2. The van der Waals surface area contributed by atoms with Crippen LogP contribution in [0, 0.1) is 13.8 Å². The van der Waals surface area contributed by atoms with E-state index >= 15 is 0 Å². The lowest BCUT2D eigenvalue weighted by Crippen LogP contribution is -2.42. The van der Waals surface area contributed by atoms with E-state index in [0.717, 1.165) is 35.2 Å². The van der Waals surface area contributed by atoms with Crippen LogP contribution >= 0.6 is 0 Å². The summed E-state index contributed by atoms with van der Waals surface area (Å²) >= 11 is 0. The Morgan fingerprint density at radius 2 is 1.97 bits per heavy atom. The van der Waals surface area contributed by atoms with Gasteiger partial charge >= 0.3 is 0 Å². The van der Waals surface area contributed by atoms with E-state index in [2.05, 4.69) is 22.2 Å². The van der Waals surface area contributed by atoms with Crippen molar-refractivity contribution < 1.29 is 14.3 Å². The maximum atomic E-state index is 12.8. The molecule has 2 aromatic heterocycles. The molecule has 8 nitrogen and oxygen atoms in total. The number of hydrogen-bond donors (Lipinski definition) is 0. The van der Waals surface area contributed by atoms with Crippen molar-refractivity contribution >= 4 is 5.91 Å². The molecule has 4 rings (SSSR count). The molecule has 0 saturated carbocycles. The largest absolute Gasteiger partial charge is 0.494 e. The predicted octanol–water partition coefficient (Wildman–Crippen LogP) is 3.27. The maximum Gasteiger partial charge on any atom is 0.224 e. The minimum absolute atomic E-state index is 0.0985. The minimum Gasteiger partial charge on any atom is -0.494 e. The monoisotopic (exact) mass is 449 g/mol. The molecule has 3 heterocycles. The van der Waals surface area contributed by atoms with Gasteiger partial charge in [0.15, 0.2) is 0 Å². The summed E-state index contributed by atoms with van der Waals surface area (Å²) in [5.74, 6) is 2.52. The average Bonchev–Trinajstić information content (AvgIpc) is 3.16. The summed E-state index contributed by atoms with van der Waals surface area (Å²) in [6.45, 7) is 8.53. The summed E-state index contributed by atoms with van der Waals surface area (Å²) in [4.78, 5) is 23.8. The summed E-state index contributed by atoms with van der Waals surface area (Å²) in [7, 11) is 0. The number of nitrogens with zero attached hydrogens (tertiary/aromatic N) is 5. The molecule has 1 amide bonds. The molecular formula is C25H31N5O3. The molecule has 8 heteroatoms. The molecule has 1 aliphatic rings. The molecule has 0 N–H and O–H groups in total. The van der Waals surface area contributed by atoms with Gasteiger partial charge < -0.3 is 14.4 Å². The molecule has 3 aromatic rings. The number of pyridine rings is 1. The molecule has 0 unspecified atom stereocenters. The zero-order valence-corrected chi connectivity index (χ0v) is 19.5. The number of carbonyl (C=O) groups is 1. The fourth-order valence-electron chi connectivity index (χ4n) is 4.04. The summed E-state index contributed by atoms with van der Waals surface area (Å²) in [5, 5.41) is 4.34. The fourth-order valence-corrected chi connectivity index (χ4v) is 4.04. The highest BCUT2D eigenvalue weighted by molar-refractivity contribution is 5.76. The molecule has 1 fully saturated rings. The van der Waals surface area contributed by atoms with E-state index in [4.69, 9.17) is 14.5 Å². The first-order valence-corrected chi connectivity index (χ1v) is 11.5. The predicted molar refractivity (Wildman–Crippen MR) is 124 cm³/mol. The first kappa shape index (κ1) is 22.9. The van der Waals surface area contributed by atoms with E-state index in [0.29, 0.717) is 39.3 Å². The molecular weight excluding hydrogens is 418 g/mol. The number of amides is 1. The van der Waals surface area contributed by atoms with E-state index in [1.807, 2.05) is 56.0 Å². The van der Waals surface area contributed by atoms with Gasteiger partial charge in [-0.3, -0.25) is 9.78 Å². The number of ether oxygens (including phenoxy) is 2. The Labute approximate surface area is 194 Å². The summed E-state index contributed by atoms with van der Waals surface area (Å²) in [5.41, 5.74) is 3.00. The van der Waals surface area contributed by atoms with Crippen LogP contribution in [0.25, 0.3) is 0 Å². The highest BCUT2D eigenvalue weighted by Gasteiger charge is 2.26. The standard InChI is InChI=1S/C25H31N5O3/c1-4-32-22-10-8-20(9-11-22)16-21-6-5-7-23(27-21)24-17-29(14-15-33-24)25(31)12-13-30-19(3)26-18(2)28-30/h5-11,24H,4,12-17H2,1-3H3/t24-/m1/s1. The molecule has 33 heavy (non-hydrogen) atoms. The summed E-state index contributed by atoms with van der Waals surface area (Å²) < 4.78 is 13.3. The molecule has 0 bridgehead atoms. The second-order valence-electron chi connectivity index (χ2n) is 8.19. The smallest absolute Gasteiger partial charge is 0.224 e. The van der Waals surface area contributed by atoms with Crippen molar-refractivity contribution in [2.24, 2.45) is 0 Å². The summed E-state index contributed by atoms with van der Waals surface area (Å²) in [6.07, 6.45) is 0.895. The van der Waals surface area contributed by atoms with Crippen molar-refractivity contribution in [2.45, 2.75) is 46.3 Å². The van der Waals surface area contributed by atoms with Crippen LogP contribution in [0.2, 0.25) is 0 Å². The molecule has 0 spiro atoms. The van der Waals surface area contributed by atoms with E-state index < -0.39 is 0 Å². The number of benzene rings is 1. The van der Waals surface area contributed by atoms with Gasteiger partial charge in [-0.25, -0.2) is 9.67 Å². The molecule has 174 valence electrons. The topological polar surface area (TPSA) is 82.4 Å². The lowest BCUT2D eigenvalue weighted by Gasteiger charge is -2.33. The Morgan fingerprint density at radius 1 is 1.15 bits per heavy atom. The Balaban J connectivity index is 1.36. The minimum atomic E-state index is -0.224. The third kappa shape index (κ3) is 5.96. The zero-order valence-electron chi connectivity index (χ0n) is 19.5. The quantitative estimate of drug-likeness (QED) is 0.525. The van der Waals surface area contributed by atoms with Gasteiger partial charge in [-0.05, 0) is 50.6 Å². The van der Waals surface area contributed by atoms with E-state index in [9.17, 15) is 4.79 Å². The second kappa shape index (κ2) is 10.6.